The van der Waals surface area contributed by atoms with Gasteiger partial charge in [0.05, 0.1) is 19.3 Å². The fraction of sp³-hybridized carbons (Fsp3) is 0.444. The van der Waals surface area contributed by atoms with Crippen LogP contribution in [0.3, 0.4) is 0 Å². The van der Waals surface area contributed by atoms with Crippen molar-refractivity contribution in [2.45, 2.75) is 39.8 Å². The van der Waals surface area contributed by atoms with Crippen molar-refractivity contribution in [3.8, 4) is 5.75 Å². The number of methoxy groups -OCH3 is 1. The lowest BCUT2D eigenvalue weighted by Gasteiger charge is -2.23. The number of aryl methyl sites for hydroxylation is 2. The maximum absolute atomic E-state index is 12.3. The molecule has 0 saturated heterocycles. The molecule has 1 amide bonds. The number of benzene rings is 1. The maximum atomic E-state index is 12.3. The first kappa shape index (κ1) is 17.1. The van der Waals surface area contributed by atoms with Crippen LogP contribution in [0.1, 0.15) is 37.4 Å². The van der Waals surface area contributed by atoms with Gasteiger partial charge < -0.3 is 10.1 Å². The summed E-state index contributed by atoms with van der Waals surface area (Å²) in [4.78, 5) is 12.3. The van der Waals surface area contributed by atoms with Crippen LogP contribution in [-0.4, -0.2) is 22.8 Å². The van der Waals surface area contributed by atoms with E-state index in [1.165, 1.54) is 0 Å². The fourth-order valence-electron chi connectivity index (χ4n) is 2.50. The topological polar surface area (TPSA) is 56.1 Å². The third-order valence-electron chi connectivity index (χ3n) is 3.79. The monoisotopic (exact) mass is 315 g/mol. The third kappa shape index (κ3) is 4.84. The highest BCUT2D eigenvalue weighted by atomic mass is 16.5. The zero-order chi connectivity index (χ0) is 16.8. The molecule has 124 valence electrons. The molecule has 0 aliphatic rings. The number of rotatable bonds is 7. The van der Waals surface area contributed by atoms with Gasteiger partial charge in [0.25, 0.3) is 0 Å². The minimum atomic E-state index is -0.00670. The van der Waals surface area contributed by atoms with Crippen LogP contribution < -0.4 is 10.1 Å². The van der Waals surface area contributed by atoms with Gasteiger partial charge in [-0.1, -0.05) is 26.0 Å². The van der Waals surface area contributed by atoms with Gasteiger partial charge in [0.1, 0.15) is 5.75 Å². The quantitative estimate of drug-likeness (QED) is 0.854. The van der Waals surface area contributed by atoms with Gasteiger partial charge in [0.2, 0.25) is 5.91 Å². The summed E-state index contributed by atoms with van der Waals surface area (Å²) in [5.41, 5.74) is 2.19. The summed E-state index contributed by atoms with van der Waals surface area (Å²) in [6.07, 6.45) is 4.16. The summed E-state index contributed by atoms with van der Waals surface area (Å²) >= 11 is 0. The summed E-state index contributed by atoms with van der Waals surface area (Å²) in [6.45, 7) is 6.78. The number of nitrogens with one attached hydrogen (secondary N) is 1. The number of carbonyl (C=O) groups excluding carboxylic acids is 1. The van der Waals surface area contributed by atoms with Crippen LogP contribution in [0.2, 0.25) is 0 Å². The van der Waals surface area contributed by atoms with Crippen LogP contribution >= 0.6 is 0 Å². The van der Waals surface area contributed by atoms with Crippen molar-refractivity contribution in [1.29, 1.82) is 0 Å². The first-order chi connectivity index (χ1) is 11.0. The highest BCUT2D eigenvalue weighted by Crippen LogP contribution is 2.24. The molecular formula is C18H25N3O2. The SMILES string of the molecule is COc1ccc(C(NC(=O)CCn2cc(C)cn2)C(C)C)cc1. The van der Waals surface area contributed by atoms with Gasteiger partial charge in [-0.05, 0) is 36.1 Å². The number of carbonyl (C=O) groups is 1. The predicted octanol–water partition coefficient (Wildman–Crippen LogP) is 3.10. The Hall–Kier alpha value is -2.30. The van der Waals surface area contributed by atoms with Gasteiger partial charge in [-0.3, -0.25) is 9.48 Å². The van der Waals surface area contributed by atoms with Crippen LogP contribution in [0, 0.1) is 12.8 Å². The van der Waals surface area contributed by atoms with E-state index in [4.69, 9.17) is 4.74 Å². The van der Waals surface area contributed by atoms with Crippen molar-refractivity contribution < 1.29 is 9.53 Å². The summed E-state index contributed by atoms with van der Waals surface area (Å²) in [6, 6.07) is 7.83. The molecule has 0 aliphatic carbocycles. The van der Waals surface area contributed by atoms with E-state index in [1.807, 2.05) is 37.4 Å². The van der Waals surface area contributed by atoms with E-state index < -0.39 is 0 Å². The number of hydrogen-bond donors (Lipinski definition) is 1. The Balaban J connectivity index is 1.96. The number of nitrogens with zero attached hydrogens (tertiary/aromatic N) is 2. The standard InChI is InChI=1S/C18H25N3O2/c1-13(2)18(15-5-7-16(23-4)8-6-15)20-17(22)9-10-21-12-14(3)11-19-21/h5-8,11-13,18H,9-10H2,1-4H3,(H,20,22). The number of amides is 1. The van der Waals surface area contributed by atoms with Crippen LogP contribution in [0.15, 0.2) is 36.7 Å². The van der Waals surface area contributed by atoms with Gasteiger partial charge in [0, 0.05) is 19.2 Å². The first-order valence-electron chi connectivity index (χ1n) is 7.92. The molecule has 2 rings (SSSR count). The molecule has 1 N–H and O–H groups in total. The van der Waals surface area contributed by atoms with Gasteiger partial charge in [-0.25, -0.2) is 0 Å². The van der Waals surface area contributed by atoms with Crippen LogP contribution in [-0.2, 0) is 11.3 Å². The molecule has 0 fully saturated rings. The summed E-state index contributed by atoms with van der Waals surface area (Å²) in [5, 5.41) is 7.33. The van der Waals surface area contributed by atoms with Crippen molar-refractivity contribution in [2.24, 2.45) is 5.92 Å². The molecule has 0 bridgehead atoms. The normalized spacial score (nSPS) is 12.2. The first-order valence-corrected chi connectivity index (χ1v) is 7.92. The Morgan fingerprint density at radius 3 is 2.52 bits per heavy atom. The minimum Gasteiger partial charge on any atom is -0.497 e. The van der Waals surface area contributed by atoms with Crippen LogP contribution in [0.5, 0.6) is 5.75 Å². The second-order valence-electron chi connectivity index (χ2n) is 6.09. The van der Waals surface area contributed by atoms with Gasteiger partial charge in [-0.2, -0.15) is 5.10 Å². The number of hydrogen-bond acceptors (Lipinski definition) is 3. The Labute approximate surface area is 137 Å². The third-order valence-corrected chi connectivity index (χ3v) is 3.79. The van der Waals surface area contributed by atoms with E-state index in [-0.39, 0.29) is 11.9 Å². The fourth-order valence-corrected chi connectivity index (χ4v) is 2.50. The van der Waals surface area contributed by atoms with Gasteiger partial charge >= 0.3 is 0 Å². The Kier molecular flexibility index (Phi) is 5.79. The van der Waals surface area contributed by atoms with E-state index in [0.717, 1.165) is 16.9 Å². The number of aromatic nitrogens is 2. The molecule has 0 aliphatic heterocycles. The summed E-state index contributed by atoms with van der Waals surface area (Å²) in [5.74, 6) is 1.16. The largest absolute Gasteiger partial charge is 0.497 e. The molecule has 1 unspecified atom stereocenters. The molecule has 0 radical (unpaired) electrons. The van der Waals surface area contributed by atoms with E-state index in [2.05, 4.69) is 24.3 Å². The zero-order valence-electron chi connectivity index (χ0n) is 14.2. The molecule has 5 heteroatoms. The van der Waals surface area contributed by atoms with E-state index >= 15 is 0 Å². The van der Waals surface area contributed by atoms with Crippen molar-refractivity contribution in [2.75, 3.05) is 7.11 Å². The predicted molar refractivity (Wildman–Crippen MR) is 90.3 cm³/mol. The van der Waals surface area contributed by atoms with Gasteiger partial charge in [-0.15, -0.1) is 0 Å². The number of ether oxygens (including phenoxy) is 1. The lowest BCUT2D eigenvalue weighted by molar-refractivity contribution is -0.122. The Morgan fingerprint density at radius 1 is 1.30 bits per heavy atom. The molecule has 1 aromatic heterocycles. The van der Waals surface area contributed by atoms with Crippen molar-refractivity contribution in [3.05, 3.63) is 47.8 Å². The van der Waals surface area contributed by atoms with Gasteiger partial charge in [0.15, 0.2) is 0 Å². The van der Waals surface area contributed by atoms with Crippen LogP contribution in [0.4, 0.5) is 0 Å². The molecule has 1 aromatic carbocycles. The van der Waals surface area contributed by atoms with E-state index in [1.54, 1.807) is 18.0 Å². The second-order valence-corrected chi connectivity index (χ2v) is 6.09. The molecule has 0 saturated carbocycles. The van der Waals surface area contributed by atoms with Crippen LogP contribution in [0.25, 0.3) is 0 Å². The lowest BCUT2D eigenvalue weighted by Crippen LogP contribution is -2.32. The molecule has 1 heterocycles. The van der Waals surface area contributed by atoms with Crippen molar-refractivity contribution in [1.82, 2.24) is 15.1 Å². The van der Waals surface area contributed by atoms with Crippen molar-refractivity contribution >= 4 is 5.91 Å². The lowest BCUT2D eigenvalue weighted by atomic mass is 9.96. The molecule has 23 heavy (non-hydrogen) atoms. The van der Waals surface area contributed by atoms with E-state index in [9.17, 15) is 4.79 Å². The minimum absolute atomic E-state index is 0.00670. The highest BCUT2D eigenvalue weighted by Gasteiger charge is 2.18. The average molecular weight is 315 g/mol. The molecular weight excluding hydrogens is 290 g/mol. The molecule has 0 spiro atoms. The van der Waals surface area contributed by atoms with E-state index in [0.29, 0.717) is 18.9 Å². The molecule has 1 atom stereocenters. The Morgan fingerprint density at radius 2 is 2.00 bits per heavy atom. The van der Waals surface area contributed by atoms with Crippen molar-refractivity contribution in [3.63, 3.8) is 0 Å². The zero-order valence-corrected chi connectivity index (χ0v) is 14.2. The average Bonchev–Trinajstić information content (AvgIpc) is 2.96. The Bertz CT molecular complexity index is 632. The maximum Gasteiger partial charge on any atom is 0.222 e. The summed E-state index contributed by atoms with van der Waals surface area (Å²) in [7, 11) is 1.65. The molecule has 5 nitrogen and oxygen atoms in total. The summed E-state index contributed by atoms with van der Waals surface area (Å²) < 4.78 is 6.98. The second kappa shape index (κ2) is 7.81. The molecule has 2 aromatic rings. The smallest absolute Gasteiger partial charge is 0.222 e. The highest BCUT2D eigenvalue weighted by molar-refractivity contribution is 5.76.